The molecule has 2 unspecified atom stereocenters. The van der Waals surface area contributed by atoms with Crippen LogP contribution in [0.4, 0.5) is 5.69 Å². The summed E-state index contributed by atoms with van der Waals surface area (Å²) in [6.45, 7) is 6.44. The van der Waals surface area contributed by atoms with E-state index in [-0.39, 0.29) is 42.7 Å². The molecule has 8 heteroatoms. The fraction of sp³-hybridized carbons (Fsp3) is 0.636. The first-order chi connectivity index (χ1) is 13.6. The van der Waals surface area contributed by atoms with Gasteiger partial charge in [0.1, 0.15) is 0 Å². The second-order valence-corrected chi connectivity index (χ2v) is 8.32. The highest BCUT2D eigenvalue weighted by molar-refractivity contribution is 5.92. The number of nitrogens with zero attached hydrogens (tertiary/aromatic N) is 1. The van der Waals surface area contributed by atoms with Crippen molar-refractivity contribution in [2.45, 2.75) is 45.1 Å². The first-order valence-corrected chi connectivity index (χ1v) is 10.7. The average molecular weight is 459 g/mol. The first-order valence-electron chi connectivity index (χ1n) is 10.7. The van der Waals surface area contributed by atoms with Crippen LogP contribution in [-0.2, 0) is 9.59 Å². The predicted octanol–water partition coefficient (Wildman–Crippen LogP) is 3.08. The number of carbonyl (C=O) groups excluding carboxylic acids is 2. The molecule has 2 heterocycles. The van der Waals surface area contributed by atoms with Gasteiger partial charge in [0.2, 0.25) is 11.8 Å². The Bertz CT molecular complexity index is 633. The highest BCUT2D eigenvalue weighted by atomic mass is 35.5. The summed E-state index contributed by atoms with van der Waals surface area (Å²) in [5, 5.41) is 9.58. The largest absolute Gasteiger partial charge is 0.353 e. The van der Waals surface area contributed by atoms with E-state index in [9.17, 15) is 9.59 Å². The van der Waals surface area contributed by atoms with Gasteiger partial charge >= 0.3 is 0 Å². The zero-order valence-electron chi connectivity index (χ0n) is 17.8. The van der Waals surface area contributed by atoms with Crippen molar-refractivity contribution in [3.8, 4) is 0 Å². The SMILES string of the molecule is CC(CC(=O)NC1CCN(CC(=O)Nc2ccccc2)CC1)C1CCCNC1.Cl.Cl. The molecular weight excluding hydrogens is 423 g/mol. The normalized spacial score (nSPS) is 20.9. The molecule has 2 fully saturated rings. The van der Waals surface area contributed by atoms with E-state index in [2.05, 4.69) is 27.8 Å². The van der Waals surface area contributed by atoms with Gasteiger partial charge in [-0.05, 0) is 62.7 Å². The highest BCUT2D eigenvalue weighted by Gasteiger charge is 2.25. The van der Waals surface area contributed by atoms with Crippen molar-refractivity contribution in [2.24, 2.45) is 11.8 Å². The van der Waals surface area contributed by atoms with Gasteiger partial charge in [-0.3, -0.25) is 14.5 Å². The van der Waals surface area contributed by atoms with E-state index >= 15 is 0 Å². The van der Waals surface area contributed by atoms with E-state index in [0.717, 1.165) is 44.7 Å². The van der Waals surface area contributed by atoms with Crippen LogP contribution in [0.5, 0.6) is 0 Å². The van der Waals surface area contributed by atoms with Crippen LogP contribution in [0.25, 0.3) is 0 Å². The number of rotatable bonds is 7. The van der Waals surface area contributed by atoms with Gasteiger partial charge in [-0.15, -0.1) is 24.8 Å². The van der Waals surface area contributed by atoms with Gasteiger partial charge in [0, 0.05) is 31.2 Å². The number of anilines is 1. The van der Waals surface area contributed by atoms with Gasteiger partial charge in [-0.2, -0.15) is 0 Å². The molecule has 3 rings (SSSR count). The molecule has 2 amide bonds. The Hall–Kier alpha value is -1.34. The second kappa shape index (κ2) is 13.9. The van der Waals surface area contributed by atoms with Crippen molar-refractivity contribution < 1.29 is 9.59 Å². The van der Waals surface area contributed by atoms with Gasteiger partial charge in [-0.1, -0.05) is 25.1 Å². The molecule has 2 aliphatic rings. The Labute approximate surface area is 192 Å². The number of carbonyl (C=O) groups is 2. The van der Waals surface area contributed by atoms with Crippen molar-refractivity contribution >= 4 is 42.3 Å². The third kappa shape index (κ3) is 8.80. The molecule has 0 bridgehead atoms. The van der Waals surface area contributed by atoms with Crippen LogP contribution in [0.2, 0.25) is 0 Å². The number of halogens is 2. The van der Waals surface area contributed by atoms with Crippen LogP contribution in [-0.4, -0.2) is 55.5 Å². The van der Waals surface area contributed by atoms with Gasteiger partial charge < -0.3 is 16.0 Å². The fourth-order valence-electron chi connectivity index (χ4n) is 4.27. The quantitative estimate of drug-likeness (QED) is 0.586. The minimum atomic E-state index is 0. The standard InChI is InChI=1S/C22H34N4O2.2ClH/c1-17(18-6-5-11-23-15-18)14-21(27)24-20-9-12-26(13-10-20)16-22(28)25-19-7-3-2-4-8-19;;/h2-4,7-8,17-18,20,23H,5-6,9-16H2,1H3,(H,24,27)(H,25,28);2*1H. The van der Waals surface area contributed by atoms with E-state index in [4.69, 9.17) is 0 Å². The zero-order chi connectivity index (χ0) is 19.8. The predicted molar refractivity (Wildman–Crippen MR) is 127 cm³/mol. The lowest BCUT2D eigenvalue weighted by Gasteiger charge is -2.32. The Balaban J connectivity index is 0.00000225. The minimum absolute atomic E-state index is 0. The molecule has 2 aliphatic heterocycles. The summed E-state index contributed by atoms with van der Waals surface area (Å²) in [4.78, 5) is 26.8. The maximum atomic E-state index is 12.4. The molecule has 1 aromatic rings. The maximum absolute atomic E-state index is 12.4. The van der Waals surface area contributed by atoms with Crippen molar-refractivity contribution in [3.05, 3.63) is 30.3 Å². The summed E-state index contributed by atoms with van der Waals surface area (Å²) >= 11 is 0. The number of hydrogen-bond acceptors (Lipinski definition) is 4. The summed E-state index contributed by atoms with van der Waals surface area (Å²) in [7, 11) is 0. The molecule has 6 nitrogen and oxygen atoms in total. The van der Waals surface area contributed by atoms with E-state index < -0.39 is 0 Å². The summed E-state index contributed by atoms with van der Waals surface area (Å²) in [6, 6.07) is 9.78. The van der Waals surface area contributed by atoms with Gasteiger partial charge in [0.25, 0.3) is 0 Å². The molecule has 0 saturated carbocycles. The van der Waals surface area contributed by atoms with E-state index in [1.807, 2.05) is 30.3 Å². The number of hydrogen-bond donors (Lipinski definition) is 3. The van der Waals surface area contributed by atoms with Crippen LogP contribution in [0.15, 0.2) is 30.3 Å². The number of piperidine rings is 2. The van der Waals surface area contributed by atoms with E-state index in [0.29, 0.717) is 24.8 Å². The molecule has 0 aromatic heterocycles. The minimum Gasteiger partial charge on any atom is -0.353 e. The molecule has 2 atom stereocenters. The van der Waals surface area contributed by atoms with Crippen LogP contribution in [0, 0.1) is 11.8 Å². The van der Waals surface area contributed by atoms with Crippen LogP contribution >= 0.6 is 24.8 Å². The molecular formula is C22H36Cl2N4O2. The molecule has 0 aliphatic carbocycles. The number of nitrogens with one attached hydrogen (secondary N) is 3. The first kappa shape index (κ1) is 26.7. The van der Waals surface area contributed by atoms with Gasteiger partial charge in [0.15, 0.2) is 0 Å². The van der Waals surface area contributed by atoms with Crippen LogP contribution < -0.4 is 16.0 Å². The van der Waals surface area contributed by atoms with Crippen molar-refractivity contribution in [3.63, 3.8) is 0 Å². The Morgan fingerprint density at radius 2 is 1.80 bits per heavy atom. The third-order valence-corrected chi connectivity index (χ3v) is 6.02. The number of amides is 2. The summed E-state index contributed by atoms with van der Waals surface area (Å²) in [5.74, 6) is 1.24. The topological polar surface area (TPSA) is 73.5 Å². The lowest BCUT2D eigenvalue weighted by Crippen LogP contribution is -2.47. The van der Waals surface area contributed by atoms with E-state index in [1.54, 1.807) is 0 Å². The summed E-state index contributed by atoms with van der Waals surface area (Å²) < 4.78 is 0. The number of para-hydroxylation sites is 1. The van der Waals surface area contributed by atoms with Crippen molar-refractivity contribution in [1.82, 2.24) is 15.5 Å². The average Bonchev–Trinajstić information content (AvgIpc) is 2.71. The second-order valence-electron chi connectivity index (χ2n) is 8.32. The molecule has 1 aromatic carbocycles. The molecule has 2 saturated heterocycles. The smallest absolute Gasteiger partial charge is 0.238 e. The van der Waals surface area contributed by atoms with E-state index in [1.165, 1.54) is 12.8 Å². The van der Waals surface area contributed by atoms with Gasteiger partial charge in [0.05, 0.1) is 6.54 Å². The Morgan fingerprint density at radius 1 is 1.10 bits per heavy atom. The summed E-state index contributed by atoms with van der Waals surface area (Å²) in [5.41, 5.74) is 0.830. The highest BCUT2D eigenvalue weighted by Crippen LogP contribution is 2.22. The number of benzene rings is 1. The molecule has 170 valence electrons. The monoisotopic (exact) mass is 458 g/mol. The number of likely N-dealkylation sites (tertiary alicyclic amines) is 1. The van der Waals surface area contributed by atoms with Crippen molar-refractivity contribution in [2.75, 3.05) is 38.0 Å². The van der Waals surface area contributed by atoms with Crippen LogP contribution in [0.3, 0.4) is 0 Å². The van der Waals surface area contributed by atoms with Crippen molar-refractivity contribution in [1.29, 1.82) is 0 Å². The van der Waals surface area contributed by atoms with Crippen LogP contribution in [0.1, 0.15) is 39.0 Å². The molecule has 0 radical (unpaired) electrons. The fourth-order valence-corrected chi connectivity index (χ4v) is 4.27. The molecule has 30 heavy (non-hydrogen) atoms. The van der Waals surface area contributed by atoms with Gasteiger partial charge in [-0.25, -0.2) is 0 Å². The molecule has 3 N–H and O–H groups in total. The molecule has 0 spiro atoms. The zero-order valence-corrected chi connectivity index (χ0v) is 19.4. The third-order valence-electron chi connectivity index (χ3n) is 6.02. The summed E-state index contributed by atoms with van der Waals surface area (Å²) in [6.07, 6.45) is 4.87. The lowest BCUT2D eigenvalue weighted by molar-refractivity contribution is -0.123. The Kier molecular flexibility index (Phi) is 12.3. The maximum Gasteiger partial charge on any atom is 0.238 e. The lowest BCUT2D eigenvalue weighted by atomic mass is 9.85. The Morgan fingerprint density at radius 3 is 2.43 bits per heavy atom.